The summed E-state index contributed by atoms with van der Waals surface area (Å²) < 4.78 is 6.00. The Morgan fingerprint density at radius 2 is 1.48 bits per heavy atom. The molecule has 0 bridgehead atoms. The van der Waals surface area contributed by atoms with Gasteiger partial charge in [0, 0.05) is 25.4 Å². The highest BCUT2D eigenvalue weighted by atomic mass is 79.9. The summed E-state index contributed by atoms with van der Waals surface area (Å²) >= 11 is 1.86. The number of halogens is 1. The van der Waals surface area contributed by atoms with Gasteiger partial charge in [0.15, 0.2) is 0 Å². The van der Waals surface area contributed by atoms with Crippen LogP contribution in [0.2, 0.25) is 0 Å². The molecule has 3 rings (SSSR count). The van der Waals surface area contributed by atoms with E-state index in [0.29, 0.717) is 6.54 Å². The number of benzene rings is 2. The fraction of sp³-hybridized carbons (Fsp3) is 0.559. The summed E-state index contributed by atoms with van der Waals surface area (Å²) in [6, 6.07) is 16.5. The molecule has 0 N–H and O–H groups in total. The fourth-order valence-corrected chi connectivity index (χ4v) is 5.87. The summed E-state index contributed by atoms with van der Waals surface area (Å²) in [5, 5.41) is 0. The highest BCUT2D eigenvalue weighted by Crippen LogP contribution is 2.30. The lowest BCUT2D eigenvalue weighted by Gasteiger charge is -2.26. The van der Waals surface area contributed by atoms with Gasteiger partial charge < -0.3 is 14.5 Å². The first-order valence-corrected chi connectivity index (χ1v) is 16.2. The van der Waals surface area contributed by atoms with Crippen molar-refractivity contribution in [2.75, 3.05) is 17.4 Å². The highest BCUT2D eigenvalue weighted by Gasteiger charge is 2.18. The first kappa shape index (κ1) is 34.3. The fourth-order valence-electron chi connectivity index (χ4n) is 5.11. The molecular formula is C34H51BrN2O2S. The molecule has 0 atom stereocenters. The molecule has 1 amide bonds. The van der Waals surface area contributed by atoms with E-state index in [0.717, 1.165) is 42.4 Å². The van der Waals surface area contributed by atoms with E-state index in [1.807, 2.05) is 34.9 Å². The Morgan fingerprint density at radius 1 is 0.875 bits per heavy atom. The minimum absolute atomic E-state index is 0. The quantitative estimate of drug-likeness (QED) is 0.145. The van der Waals surface area contributed by atoms with Crippen LogP contribution >= 0.6 is 28.7 Å². The van der Waals surface area contributed by atoms with Gasteiger partial charge in [-0.15, -0.1) is 28.7 Å². The van der Waals surface area contributed by atoms with E-state index in [-0.39, 0.29) is 22.9 Å². The van der Waals surface area contributed by atoms with Crippen LogP contribution in [0.4, 0.5) is 5.69 Å². The third kappa shape index (κ3) is 12.7. The first-order chi connectivity index (χ1) is 19.1. The number of rotatable bonds is 19. The number of nitrogens with zero attached hydrogens (tertiary/aromatic N) is 2. The smallest absolute Gasteiger partial charge is 0.224 e. The summed E-state index contributed by atoms with van der Waals surface area (Å²) in [6.07, 6.45) is 18.4. The lowest BCUT2D eigenvalue weighted by atomic mass is 10.1. The number of carbonyl (C=O) groups excluding carboxylic acids is 1. The van der Waals surface area contributed by atoms with Gasteiger partial charge in [-0.05, 0) is 47.6 Å². The third-order valence-electron chi connectivity index (χ3n) is 7.39. The molecule has 4 nitrogen and oxygen atoms in total. The van der Waals surface area contributed by atoms with Crippen LogP contribution in [-0.4, -0.2) is 23.3 Å². The number of carbonyl (C=O) groups is 1. The van der Waals surface area contributed by atoms with E-state index in [1.54, 1.807) is 6.92 Å². The maximum atomic E-state index is 12.7. The van der Waals surface area contributed by atoms with Crippen molar-refractivity contribution in [1.29, 1.82) is 0 Å². The molecule has 1 heterocycles. The van der Waals surface area contributed by atoms with Gasteiger partial charge in [-0.3, -0.25) is 4.79 Å². The summed E-state index contributed by atoms with van der Waals surface area (Å²) in [4.78, 5) is 18.2. The van der Waals surface area contributed by atoms with Gasteiger partial charge in [-0.25, -0.2) is 0 Å². The lowest BCUT2D eigenvalue weighted by molar-refractivity contribution is -0.116. The number of thioether (sulfide) groups is 1. The predicted molar refractivity (Wildman–Crippen MR) is 178 cm³/mol. The summed E-state index contributed by atoms with van der Waals surface area (Å²) in [7, 11) is 0. The molecule has 40 heavy (non-hydrogen) atoms. The molecule has 2 aromatic carbocycles. The second kappa shape index (κ2) is 20.0. The van der Waals surface area contributed by atoms with Crippen LogP contribution in [0, 0.1) is 0 Å². The Kier molecular flexibility index (Phi) is 17.2. The van der Waals surface area contributed by atoms with Gasteiger partial charge >= 0.3 is 0 Å². The topological polar surface area (TPSA) is 32.8 Å². The maximum Gasteiger partial charge on any atom is 0.224 e. The van der Waals surface area contributed by atoms with E-state index < -0.39 is 0 Å². The van der Waals surface area contributed by atoms with Crippen molar-refractivity contribution in [1.82, 2.24) is 4.90 Å². The van der Waals surface area contributed by atoms with E-state index in [9.17, 15) is 4.79 Å². The van der Waals surface area contributed by atoms with Gasteiger partial charge in [-0.1, -0.05) is 108 Å². The predicted octanol–water partition coefficient (Wildman–Crippen LogP) is 10.3. The zero-order valence-electron chi connectivity index (χ0n) is 25.0. The number of hydrogen-bond donors (Lipinski definition) is 0. The number of para-hydroxylation sites is 1. The minimum Gasteiger partial charge on any atom is -0.494 e. The van der Waals surface area contributed by atoms with Gasteiger partial charge in [-0.2, -0.15) is 0 Å². The van der Waals surface area contributed by atoms with E-state index >= 15 is 0 Å². The molecule has 0 saturated heterocycles. The van der Waals surface area contributed by atoms with Crippen molar-refractivity contribution < 1.29 is 9.53 Å². The molecule has 0 saturated carbocycles. The van der Waals surface area contributed by atoms with Crippen molar-refractivity contribution in [2.24, 2.45) is 0 Å². The average molecular weight is 632 g/mol. The largest absolute Gasteiger partial charge is 0.494 e. The van der Waals surface area contributed by atoms with Crippen molar-refractivity contribution in [3.05, 3.63) is 70.8 Å². The van der Waals surface area contributed by atoms with Crippen LogP contribution in [0.5, 0.6) is 5.75 Å². The van der Waals surface area contributed by atoms with Crippen molar-refractivity contribution in [2.45, 2.75) is 111 Å². The number of hydrogen-bond acceptors (Lipinski definition) is 4. The molecule has 0 aliphatic carbocycles. The van der Waals surface area contributed by atoms with Crippen LogP contribution in [0.25, 0.3) is 0 Å². The Morgan fingerprint density at radius 3 is 2.05 bits per heavy atom. The van der Waals surface area contributed by atoms with Crippen LogP contribution in [0.15, 0.2) is 59.6 Å². The molecule has 6 heteroatoms. The molecule has 0 fully saturated rings. The third-order valence-corrected chi connectivity index (χ3v) is 8.41. The Labute approximate surface area is 258 Å². The monoisotopic (exact) mass is 630 g/mol. The molecule has 0 radical (unpaired) electrons. The van der Waals surface area contributed by atoms with Crippen molar-refractivity contribution in [3.8, 4) is 5.75 Å². The number of unbranched alkanes of at least 4 members (excludes halogenated alkanes) is 11. The number of amides is 1. The van der Waals surface area contributed by atoms with Crippen molar-refractivity contribution in [3.63, 3.8) is 0 Å². The molecule has 0 spiro atoms. The maximum absolute atomic E-state index is 12.7. The van der Waals surface area contributed by atoms with Crippen LogP contribution < -0.4 is 9.64 Å². The Bertz CT molecular complexity index is 1010. The molecule has 222 valence electrons. The zero-order chi connectivity index (χ0) is 27.7. The normalized spacial score (nSPS) is 12.7. The highest BCUT2D eigenvalue weighted by molar-refractivity contribution is 8.93. The Balaban J connectivity index is 0.00000560. The standard InChI is InChI=1S/C34H50N2O2S.BrH/c1-4-5-6-7-8-9-10-11-12-13-14-17-24-38-33-22-20-31(21-23-33)26-36(30(3)37)34-19-16-15-18-32(34)27-35-25-29(2)39-28-35;/h15-16,18-23,25H,4-14,17,24,26-28H2,1-3H3;1H. The van der Waals surface area contributed by atoms with Crippen molar-refractivity contribution >= 4 is 40.3 Å². The van der Waals surface area contributed by atoms with Gasteiger partial charge in [0.05, 0.1) is 19.0 Å². The summed E-state index contributed by atoms with van der Waals surface area (Å²) in [6.45, 7) is 8.20. The van der Waals surface area contributed by atoms with Crippen LogP contribution in [0.1, 0.15) is 109 Å². The summed E-state index contributed by atoms with van der Waals surface area (Å²) in [5.74, 6) is 1.92. The SMILES string of the molecule is Br.CCCCCCCCCCCCCCOc1ccc(CN(C(C)=O)c2ccccc2CN2C=C(C)SC2)cc1. The van der Waals surface area contributed by atoms with Gasteiger partial charge in [0.2, 0.25) is 5.91 Å². The summed E-state index contributed by atoms with van der Waals surface area (Å²) in [5.41, 5.74) is 3.26. The average Bonchev–Trinajstić information content (AvgIpc) is 3.35. The lowest BCUT2D eigenvalue weighted by Crippen LogP contribution is -2.29. The second-order valence-electron chi connectivity index (χ2n) is 10.9. The number of anilines is 1. The van der Waals surface area contributed by atoms with E-state index in [1.165, 1.54) is 81.1 Å². The van der Waals surface area contributed by atoms with Gasteiger partial charge in [0.1, 0.15) is 5.75 Å². The minimum atomic E-state index is 0. The molecule has 2 aromatic rings. The molecule has 0 aromatic heterocycles. The number of allylic oxidation sites excluding steroid dienone is 1. The van der Waals surface area contributed by atoms with E-state index in [2.05, 4.69) is 55.3 Å². The molecule has 1 aliphatic rings. The molecule has 0 unspecified atom stereocenters. The Hall–Kier alpha value is -1.92. The second-order valence-corrected chi connectivity index (χ2v) is 12.1. The zero-order valence-corrected chi connectivity index (χ0v) is 27.6. The number of ether oxygens (including phenoxy) is 1. The molecular weight excluding hydrogens is 580 g/mol. The van der Waals surface area contributed by atoms with Crippen LogP contribution in [-0.2, 0) is 17.9 Å². The molecule has 1 aliphatic heterocycles. The van der Waals surface area contributed by atoms with Gasteiger partial charge in [0.25, 0.3) is 0 Å². The first-order valence-electron chi connectivity index (χ1n) is 15.2. The van der Waals surface area contributed by atoms with Crippen LogP contribution in [0.3, 0.4) is 0 Å². The van der Waals surface area contributed by atoms with E-state index in [4.69, 9.17) is 4.74 Å².